The van der Waals surface area contributed by atoms with Crippen molar-refractivity contribution in [1.29, 1.82) is 0 Å². The van der Waals surface area contributed by atoms with Gasteiger partial charge in [-0.3, -0.25) is 19.3 Å². The summed E-state index contributed by atoms with van der Waals surface area (Å²) in [5.74, 6) is 0.0821. The van der Waals surface area contributed by atoms with Gasteiger partial charge in [-0.2, -0.15) is 0 Å². The van der Waals surface area contributed by atoms with Crippen molar-refractivity contribution >= 4 is 23.4 Å². The van der Waals surface area contributed by atoms with E-state index in [9.17, 15) is 14.4 Å². The van der Waals surface area contributed by atoms with E-state index in [4.69, 9.17) is 4.74 Å². The van der Waals surface area contributed by atoms with Gasteiger partial charge in [0.05, 0.1) is 12.8 Å². The Hall–Kier alpha value is -3.15. The Balaban J connectivity index is 1.65. The topological polar surface area (TPSA) is 75.7 Å². The van der Waals surface area contributed by atoms with Crippen LogP contribution in [0.5, 0.6) is 5.75 Å². The second-order valence-corrected chi connectivity index (χ2v) is 6.49. The van der Waals surface area contributed by atoms with E-state index in [1.807, 2.05) is 25.1 Å². The van der Waals surface area contributed by atoms with Crippen molar-refractivity contribution in [3.8, 4) is 5.75 Å². The molecule has 2 aromatic carbocycles. The fraction of sp³-hybridized carbons (Fsp3) is 0.286. The lowest BCUT2D eigenvalue weighted by molar-refractivity contribution is -0.121. The van der Waals surface area contributed by atoms with Gasteiger partial charge in [-0.05, 0) is 43.2 Å². The maximum atomic E-state index is 12.5. The molecule has 0 atom stereocenters. The van der Waals surface area contributed by atoms with Crippen LogP contribution in [0.3, 0.4) is 0 Å². The summed E-state index contributed by atoms with van der Waals surface area (Å²) >= 11 is 0. The predicted molar refractivity (Wildman–Crippen MR) is 102 cm³/mol. The Labute approximate surface area is 158 Å². The number of nitrogens with zero attached hydrogens (tertiary/aromatic N) is 1. The molecule has 1 aliphatic heterocycles. The molecule has 1 saturated heterocycles. The first-order valence-electron chi connectivity index (χ1n) is 8.87. The molecular formula is C21H22N2O4. The molecule has 6 nitrogen and oxygen atoms in total. The molecule has 1 heterocycles. The van der Waals surface area contributed by atoms with Gasteiger partial charge in [-0.1, -0.05) is 23.8 Å². The monoisotopic (exact) mass is 366 g/mol. The molecule has 3 amide bonds. The molecule has 0 unspecified atom stereocenters. The molecule has 2 aromatic rings. The summed E-state index contributed by atoms with van der Waals surface area (Å²) in [6, 6.07) is 12.5. The molecule has 1 aliphatic rings. The van der Waals surface area contributed by atoms with Crippen LogP contribution in [0.15, 0.2) is 42.5 Å². The molecule has 0 spiro atoms. The fourth-order valence-electron chi connectivity index (χ4n) is 3.17. The summed E-state index contributed by atoms with van der Waals surface area (Å²) in [5.41, 5.74) is 3.01. The van der Waals surface area contributed by atoms with Crippen LogP contribution in [-0.2, 0) is 16.0 Å². The van der Waals surface area contributed by atoms with E-state index in [1.54, 1.807) is 31.4 Å². The first kappa shape index (κ1) is 18.6. The van der Waals surface area contributed by atoms with E-state index in [-0.39, 0.29) is 30.6 Å². The third-order valence-electron chi connectivity index (χ3n) is 4.53. The van der Waals surface area contributed by atoms with Crippen LogP contribution in [0.25, 0.3) is 0 Å². The standard InChI is InChI=1S/C21H22N2O4/c1-14-6-7-18(27-2)15(12-14)10-11-22-21(26)16-4-3-5-17(13-16)23-19(24)8-9-20(23)25/h3-7,12-13H,8-11H2,1-2H3,(H,22,26). The molecular weight excluding hydrogens is 344 g/mol. The summed E-state index contributed by atoms with van der Waals surface area (Å²) in [6.45, 7) is 2.46. The SMILES string of the molecule is COc1ccc(C)cc1CCNC(=O)c1cccc(N2C(=O)CCC2=O)c1. The summed E-state index contributed by atoms with van der Waals surface area (Å²) in [5, 5.41) is 2.88. The van der Waals surface area contributed by atoms with Crippen LogP contribution in [-0.4, -0.2) is 31.4 Å². The second kappa shape index (κ2) is 8.03. The van der Waals surface area contributed by atoms with Crippen molar-refractivity contribution in [2.45, 2.75) is 26.2 Å². The van der Waals surface area contributed by atoms with Crippen LogP contribution in [0.2, 0.25) is 0 Å². The third kappa shape index (κ3) is 4.16. The van der Waals surface area contributed by atoms with Crippen molar-refractivity contribution in [2.75, 3.05) is 18.6 Å². The van der Waals surface area contributed by atoms with Crippen molar-refractivity contribution in [1.82, 2.24) is 5.32 Å². The number of imide groups is 1. The van der Waals surface area contributed by atoms with Crippen LogP contribution in [0.4, 0.5) is 5.69 Å². The number of amides is 3. The van der Waals surface area contributed by atoms with E-state index >= 15 is 0 Å². The zero-order valence-electron chi connectivity index (χ0n) is 15.5. The summed E-state index contributed by atoms with van der Waals surface area (Å²) in [7, 11) is 1.62. The van der Waals surface area contributed by atoms with Crippen LogP contribution >= 0.6 is 0 Å². The Morgan fingerprint density at radius 1 is 1.11 bits per heavy atom. The Morgan fingerprint density at radius 2 is 1.85 bits per heavy atom. The number of nitrogens with one attached hydrogen (secondary N) is 1. The van der Waals surface area contributed by atoms with Crippen molar-refractivity contribution in [2.24, 2.45) is 0 Å². The number of methoxy groups -OCH3 is 1. The number of rotatable bonds is 6. The molecule has 0 aromatic heterocycles. The lowest BCUT2D eigenvalue weighted by atomic mass is 10.1. The smallest absolute Gasteiger partial charge is 0.251 e. The highest BCUT2D eigenvalue weighted by Crippen LogP contribution is 2.23. The predicted octanol–water partition coefficient (Wildman–Crippen LogP) is 2.63. The molecule has 3 rings (SSSR count). The van der Waals surface area contributed by atoms with Crippen LogP contribution < -0.4 is 15.0 Å². The largest absolute Gasteiger partial charge is 0.496 e. The van der Waals surface area contributed by atoms with Gasteiger partial charge < -0.3 is 10.1 Å². The maximum Gasteiger partial charge on any atom is 0.251 e. The lowest BCUT2D eigenvalue weighted by Crippen LogP contribution is -2.29. The van der Waals surface area contributed by atoms with E-state index < -0.39 is 0 Å². The van der Waals surface area contributed by atoms with Crippen molar-refractivity contribution < 1.29 is 19.1 Å². The number of anilines is 1. The van der Waals surface area contributed by atoms with Gasteiger partial charge in [-0.25, -0.2) is 0 Å². The Bertz CT molecular complexity index is 876. The number of benzene rings is 2. The molecule has 1 fully saturated rings. The highest BCUT2D eigenvalue weighted by molar-refractivity contribution is 6.20. The molecule has 0 bridgehead atoms. The molecule has 1 N–H and O–H groups in total. The number of ether oxygens (including phenoxy) is 1. The van der Waals surface area contributed by atoms with Crippen molar-refractivity contribution in [3.05, 3.63) is 59.2 Å². The fourth-order valence-corrected chi connectivity index (χ4v) is 3.17. The van der Waals surface area contributed by atoms with Gasteiger partial charge in [0.25, 0.3) is 5.91 Å². The number of carbonyl (C=O) groups is 3. The van der Waals surface area contributed by atoms with Gasteiger partial charge in [0.1, 0.15) is 5.75 Å². The van der Waals surface area contributed by atoms with Gasteiger partial charge in [-0.15, -0.1) is 0 Å². The van der Waals surface area contributed by atoms with Gasteiger partial charge in [0.15, 0.2) is 0 Å². The van der Waals surface area contributed by atoms with Crippen molar-refractivity contribution in [3.63, 3.8) is 0 Å². The average Bonchev–Trinajstić information content (AvgIpc) is 3.00. The van der Waals surface area contributed by atoms with Gasteiger partial charge in [0.2, 0.25) is 11.8 Å². The minimum absolute atomic E-state index is 0.216. The number of hydrogen-bond acceptors (Lipinski definition) is 4. The zero-order chi connectivity index (χ0) is 19.4. The first-order valence-corrected chi connectivity index (χ1v) is 8.87. The molecule has 0 aliphatic carbocycles. The van der Waals surface area contributed by atoms with Crippen LogP contribution in [0, 0.1) is 6.92 Å². The normalized spacial score (nSPS) is 13.8. The highest BCUT2D eigenvalue weighted by Gasteiger charge is 2.30. The first-order chi connectivity index (χ1) is 13.0. The van der Waals surface area contributed by atoms with E-state index in [2.05, 4.69) is 5.32 Å². The number of hydrogen-bond donors (Lipinski definition) is 1. The second-order valence-electron chi connectivity index (χ2n) is 6.49. The highest BCUT2D eigenvalue weighted by atomic mass is 16.5. The summed E-state index contributed by atoms with van der Waals surface area (Å²) in [6.07, 6.45) is 1.07. The molecule has 6 heteroatoms. The number of aryl methyl sites for hydroxylation is 1. The van der Waals surface area contributed by atoms with Gasteiger partial charge in [0, 0.05) is 24.9 Å². The summed E-state index contributed by atoms with van der Waals surface area (Å²) < 4.78 is 5.35. The van der Waals surface area contributed by atoms with E-state index in [0.717, 1.165) is 21.8 Å². The molecule has 0 radical (unpaired) electrons. The quantitative estimate of drug-likeness (QED) is 0.798. The minimum atomic E-state index is -0.248. The lowest BCUT2D eigenvalue weighted by Gasteiger charge is -2.15. The third-order valence-corrected chi connectivity index (χ3v) is 4.53. The van der Waals surface area contributed by atoms with Gasteiger partial charge >= 0.3 is 0 Å². The summed E-state index contributed by atoms with van der Waals surface area (Å²) in [4.78, 5) is 37.4. The van der Waals surface area contributed by atoms with E-state index in [1.165, 1.54) is 0 Å². The van der Waals surface area contributed by atoms with E-state index in [0.29, 0.717) is 24.2 Å². The maximum absolute atomic E-state index is 12.5. The molecule has 27 heavy (non-hydrogen) atoms. The Morgan fingerprint density at radius 3 is 2.56 bits per heavy atom. The zero-order valence-corrected chi connectivity index (χ0v) is 15.5. The van der Waals surface area contributed by atoms with Crippen LogP contribution in [0.1, 0.15) is 34.3 Å². The Kier molecular flexibility index (Phi) is 5.54. The minimum Gasteiger partial charge on any atom is -0.496 e. The molecule has 140 valence electrons. The molecule has 0 saturated carbocycles. The number of carbonyl (C=O) groups excluding carboxylic acids is 3. The average molecular weight is 366 g/mol.